The van der Waals surface area contributed by atoms with Gasteiger partial charge in [0.2, 0.25) is 5.91 Å². The lowest BCUT2D eigenvalue weighted by molar-refractivity contribution is -0.134. The molecule has 0 aromatic heterocycles. The normalized spacial score (nSPS) is 25.3. The number of benzene rings is 1. The molecule has 3 saturated heterocycles. The predicted molar refractivity (Wildman–Crippen MR) is 115 cm³/mol. The molecule has 1 aromatic carbocycles. The average Bonchev–Trinajstić information content (AvgIpc) is 2.93. The molecule has 7 heteroatoms. The molecule has 2 unspecified atom stereocenters. The molecule has 1 amide bonds. The third kappa shape index (κ3) is 5.29. The van der Waals surface area contributed by atoms with E-state index in [-0.39, 0.29) is 24.8 Å². The van der Waals surface area contributed by atoms with Crippen molar-refractivity contribution in [3.8, 4) is 0 Å². The summed E-state index contributed by atoms with van der Waals surface area (Å²) in [7, 11) is 0. The number of hydrogen-bond donors (Lipinski definition) is 1. The first kappa shape index (κ1) is 22.3. The lowest BCUT2D eigenvalue weighted by atomic mass is 10.1. The maximum absolute atomic E-state index is 12.8. The second-order valence-corrected chi connectivity index (χ2v) is 7.59. The van der Waals surface area contributed by atoms with E-state index in [0.29, 0.717) is 24.4 Å². The first-order valence-corrected chi connectivity index (χ1v) is 9.85. The van der Waals surface area contributed by atoms with E-state index >= 15 is 0 Å². The van der Waals surface area contributed by atoms with Crippen molar-refractivity contribution in [2.75, 3.05) is 50.7 Å². The van der Waals surface area contributed by atoms with Gasteiger partial charge in [-0.25, -0.2) is 0 Å². The molecule has 27 heavy (non-hydrogen) atoms. The van der Waals surface area contributed by atoms with Crippen LogP contribution in [0.15, 0.2) is 30.3 Å². The summed E-state index contributed by atoms with van der Waals surface area (Å²) >= 11 is 0. The van der Waals surface area contributed by atoms with Crippen LogP contribution in [0.2, 0.25) is 0 Å². The van der Waals surface area contributed by atoms with Crippen molar-refractivity contribution >= 4 is 36.4 Å². The predicted octanol–water partition coefficient (Wildman–Crippen LogP) is 2.40. The minimum atomic E-state index is 0. The molecule has 2 atom stereocenters. The Labute approximate surface area is 175 Å². The van der Waals surface area contributed by atoms with Gasteiger partial charge >= 0.3 is 0 Å². The van der Waals surface area contributed by atoms with Crippen LogP contribution in [0, 0.1) is 0 Å². The van der Waals surface area contributed by atoms with E-state index in [2.05, 4.69) is 50.3 Å². The molecule has 0 aliphatic carbocycles. The van der Waals surface area contributed by atoms with Crippen LogP contribution in [0.1, 0.15) is 25.7 Å². The summed E-state index contributed by atoms with van der Waals surface area (Å²) in [6.45, 7) is 7.16. The number of anilines is 1. The zero-order chi connectivity index (χ0) is 17.1. The molecule has 152 valence electrons. The second-order valence-electron chi connectivity index (χ2n) is 7.59. The summed E-state index contributed by atoms with van der Waals surface area (Å²) in [4.78, 5) is 19.9. The van der Waals surface area contributed by atoms with Crippen molar-refractivity contribution in [2.45, 2.75) is 37.8 Å². The first-order valence-electron chi connectivity index (χ1n) is 9.85. The van der Waals surface area contributed by atoms with Crippen molar-refractivity contribution in [3.63, 3.8) is 0 Å². The van der Waals surface area contributed by atoms with E-state index in [1.165, 1.54) is 18.5 Å². The molecule has 3 fully saturated rings. The molecule has 0 saturated carbocycles. The van der Waals surface area contributed by atoms with Gasteiger partial charge in [0.15, 0.2) is 0 Å². The lowest BCUT2D eigenvalue weighted by Crippen LogP contribution is -2.48. The molecule has 0 spiro atoms. The van der Waals surface area contributed by atoms with Crippen LogP contribution in [-0.4, -0.2) is 73.6 Å². The number of nitrogens with zero attached hydrogens (tertiary/aromatic N) is 3. The molecular weight excluding hydrogens is 383 g/mol. The Balaban J connectivity index is 0.00000131. The highest BCUT2D eigenvalue weighted by Crippen LogP contribution is 2.28. The minimum absolute atomic E-state index is 0. The molecular formula is C20H32Cl2N4O. The van der Waals surface area contributed by atoms with E-state index in [0.717, 1.165) is 52.2 Å². The number of hydrogen-bond acceptors (Lipinski definition) is 4. The van der Waals surface area contributed by atoms with Gasteiger partial charge in [0.1, 0.15) is 0 Å². The van der Waals surface area contributed by atoms with Gasteiger partial charge in [0, 0.05) is 63.5 Å². The number of rotatable bonds is 4. The zero-order valence-electron chi connectivity index (χ0n) is 15.9. The number of para-hydroxylation sites is 1. The number of halogens is 2. The van der Waals surface area contributed by atoms with E-state index in [1.807, 2.05) is 0 Å². The van der Waals surface area contributed by atoms with Gasteiger partial charge in [-0.2, -0.15) is 0 Å². The van der Waals surface area contributed by atoms with Crippen molar-refractivity contribution in [3.05, 3.63) is 30.3 Å². The summed E-state index contributed by atoms with van der Waals surface area (Å²) in [5, 5.41) is 3.48. The number of fused-ring (bicyclic) bond motifs is 2. The Bertz CT molecular complexity index is 567. The number of amides is 1. The van der Waals surface area contributed by atoms with Gasteiger partial charge in [-0.05, 0) is 37.9 Å². The van der Waals surface area contributed by atoms with Gasteiger partial charge in [-0.15, -0.1) is 24.8 Å². The topological polar surface area (TPSA) is 38.8 Å². The smallest absolute Gasteiger partial charge is 0.224 e. The van der Waals surface area contributed by atoms with Gasteiger partial charge in [0.25, 0.3) is 0 Å². The molecule has 3 aliphatic heterocycles. The van der Waals surface area contributed by atoms with E-state index in [9.17, 15) is 4.79 Å². The number of nitrogens with one attached hydrogen (secondary N) is 1. The monoisotopic (exact) mass is 414 g/mol. The molecule has 0 radical (unpaired) electrons. The van der Waals surface area contributed by atoms with Crippen LogP contribution in [0.25, 0.3) is 0 Å². The summed E-state index contributed by atoms with van der Waals surface area (Å²) in [5.74, 6) is 0.377. The van der Waals surface area contributed by atoms with Gasteiger partial charge in [0.05, 0.1) is 0 Å². The van der Waals surface area contributed by atoms with E-state index in [4.69, 9.17) is 0 Å². The van der Waals surface area contributed by atoms with Crippen molar-refractivity contribution in [2.24, 2.45) is 0 Å². The fraction of sp³-hybridized carbons (Fsp3) is 0.650. The molecule has 4 rings (SSSR count). The van der Waals surface area contributed by atoms with Crippen LogP contribution in [-0.2, 0) is 4.79 Å². The molecule has 3 aliphatic rings. The Morgan fingerprint density at radius 2 is 1.67 bits per heavy atom. The van der Waals surface area contributed by atoms with Crippen LogP contribution < -0.4 is 10.2 Å². The Morgan fingerprint density at radius 1 is 0.963 bits per heavy atom. The maximum Gasteiger partial charge on any atom is 0.224 e. The third-order valence-electron chi connectivity index (χ3n) is 6.08. The minimum Gasteiger partial charge on any atom is -0.369 e. The summed E-state index contributed by atoms with van der Waals surface area (Å²) in [6.07, 6.45) is 4.18. The molecule has 1 N–H and O–H groups in total. The quantitative estimate of drug-likeness (QED) is 0.820. The van der Waals surface area contributed by atoms with Gasteiger partial charge in [-0.3, -0.25) is 9.69 Å². The van der Waals surface area contributed by atoms with Crippen LogP contribution >= 0.6 is 24.8 Å². The Morgan fingerprint density at radius 3 is 2.41 bits per heavy atom. The fourth-order valence-electron chi connectivity index (χ4n) is 4.64. The fourth-order valence-corrected chi connectivity index (χ4v) is 4.64. The van der Waals surface area contributed by atoms with Crippen LogP contribution in [0.4, 0.5) is 5.69 Å². The number of piperazine rings is 1. The summed E-state index contributed by atoms with van der Waals surface area (Å²) in [5.41, 5.74) is 1.31. The highest BCUT2D eigenvalue weighted by Gasteiger charge is 2.37. The standard InChI is InChI=1S/C20H30N4O.2ClH/c25-20(24-18-6-7-19(24)16-21-10-8-18)9-11-22-12-14-23(15-13-22)17-4-2-1-3-5-17;;/h1-5,18-19,21H,6-16H2;2*1H. The summed E-state index contributed by atoms with van der Waals surface area (Å²) < 4.78 is 0. The van der Waals surface area contributed by atoms with Crippen LogP contribution in [0.5, 0.6) is 0 Å². The lowest BCUT2D eigenvalue weighted by Gasteiger charge is -2.36. The largest absolute Gasteiger partial charge is 0.369 e. The molecule has 3 heterocycles. The Kier molecular flexibility index (Phi) is 8.67. The third-order valence-corrected chi connectivity index (χ3v) is 6.08. The molecule has 5 nitrogen and oxygen atoms in total. The van der Waals surface area contributed by atoms with E-state index < -0.39 is 0 Å². The average molecular weight is 415 g/mol. The molecule has 1 aromatic rings. The Hall–Kier alpha value is -1.01. The van der Waals surface area contributed by atoms with E-state index in [1.54, 1.807) is 0 Å². The number of carbonyl (C=O) groups excluding carboxylic acids is 1. The maximum atomic E-state index is 12.8. The summed E-state index contributed by atoms with van der Waals surface area (Å²) in [6, 6.07) is 11.6. The van der Waals surface area contributed by atoms with Crippen molar-refractivity contribution in [1.29, 1.82) is 0 Å². The van der Waals surface area contributed by atoms with Gasteiger partial charge in [-0.1, -0.05) is 18.2 Å². The van der Waals surface area contributed by atoms with Crippen molar-refractivity contribution < 1.29 is 4.79 Å². The highest BCUT2D eigenvalue weighted by molar-refractivity contribution is 5.85. The second kappa shape index (κ2) is 10.5. The molecule has 2 bridgehead atoms. The first-order chi connectivity index (χ1) is 12.3. The zero-order valence-corrected chi connectivity index (χ0v) is 17.5. The number of carbonyl (C=O) groups is 1. The van der Waals surface area contributed by atoms with Gasteiger partial charge < -0.3 is 15.1 Å². The highest BCUT2D eigenvalue weighted by atomic mass is 35.5. The van der Waals surface area contributed by atoms with Crippen LogP contribution in [0.3, 0.4) is 0 Å². The van der Waals surface area contributed by atoms with Crippen molar-refractivity contribution in [1.82, 2.24) is 15.1 Å². The SMILES string of the molecule is Cl.Cl.O=C(CCN1CCN(c2ccccc2)CC1)N1C2CCNCC1CC2.